The lowest BCUT2D eigenvalue weighted by atomic mass is 10.1. The van der Waals surface area contributed by atoms with Gasteiger partial charge in [0.25, 0.3) is 5.91 Å². The summed E-state index contributed by atoms with van der Waals surface area (Å²) >= 11 is 0. The van der Waals surface area contributed by atoms with Crippen LogP contribution in [0.4, 0.5) is 0 Å². The number of hydrogen-bond acceptors (Lipinski definition) is 5. The van der Waals surface area contributed by atoms with Crippen molar-refractivity contribution < 1.29 is 14.3 Å². The number of pyridine rings is 1. The molecule has 0 spiro atoms. The fourth-order valence-electron chi connectivity index (χ4n) is 2.29. The van der Waals surface area contributed by atoms with Crippen LogP contribution in [-0.4, -0.2) is 23.1 Å². The van der Waals surface area contributed by atoms with Crippen molar-refractivity contribution >= 4 is 18.1 Å². The molecule has 0 saturated carbocycles. The third-order valence-corrected chi connectivity index (χ3v) is 3.67. The van der Waals surface area contributed by atoms with E-state index in [9.17, 15) is 9.59 Å². The van der Waals surface area contributed by atoms with Crippen molar-refractivity contribution in [2.75, 3.05) is 0 Å². The van der Waals surface area contributed by atoms with E-state index in [1.54, 1.807) is 48.5 Å². The molecule has 1 aromatic heterocycles. The first-order valence-electron chi connectivity index (χ1n) is 8.24. The Bertz CT molecular complexity index is 967. The summed E-state index contributed by atoms with van der Waals surface area (Å²) in [5.41, 5.74) is 5.15. The molecule has 0 aliphatic carbocycles. The van der Waals surface area contributed by atoms with Crippen molar-refractivity contribution in [3.63, 3.8) is 0 Å². The number of hydrogen-bond donors (Lipinski definition) is 1. The van der Waals surface area contributed by atoms with Crippen LogP contribution in [0.5, 0.6) is 5.75 Å². The molecule has 27 heavy (non-hydrogen) atoms. The fourth-order valence-corrected chi connectivity index (χ4v) is 2.29. The van der Waals surface area contributed by atoms with Crippen molar-refractivity contribution in [3.05, 3.63) is 95.3 Å². The van der Waals surface area contributed by atoms with Gasteiger partial charge in [0.2, 0.25) is 0 Å². The Morgan fingerprint density at radius 1 is 1.00 bits per heavy atom. The van der Waals surface area contributed by atoms with E-state index in [2.05, 4.69) is 15.5 Å². The Morgan fingerprint density at radius 2 is 1.74 bits per heavy atom. The lowest BCUT2D eigenvalue weighted by Crippen LogP contribution is -2.17. The Labute approximate surface area is 156 Å². The molecule has 2 aromatic carbocycles. The predicted molar refractivity (Wildman–Crippen MR) is 102 cm³/mol. The van der Waals surface area contributed by atoms with Gasteiger partial charge in [-0.2, -0.15) is 5.10 Å². The average molecular weight is 359 g/mol. The molecule has 134 valence electrons. The molecule has 3 rings (SSSR count). The highest BCUT2D eigenvalue weighted by molar-refractivity contribution is 5.94. The van der Waals surface area contributed by atoms with E-state index in [-0.39, 0.29) is 5.91 Å². The van der Waals surface area contributed by atoms with Gasteiger partial charge >= 0.3 is 5.97 Å². The maximum Gasteiger partial charge on any atom is 0.343 e. The number of nitrogens with zero attached hydrogens (tertiary/aromatic N) is 2. The van der Waals surface area contributed by atoms with Gasteiger partial charge in [0.15, 0.2) is 0 Å². The molecule has 1 N–H and O–H groups in total. The monoisotopic (exact) mass is 359 g/mol. The van der Waals surface area contributed by atoms with Gasteiger partial charge in [-0.05, 0) is 61.0 Å². The van der Waals surface area contributed by atoms with Crippen LogP contribution in [0.3, 0.4) is 0 Å². The van der Waals surface area contributed by atoms with Crippen LogP contribution in [0, 0.1) is 6.92 Å². The number of nitrogens with one attached hydrogen (secondary N) is 1. The van der Waals surface area contributed by atoms with E-state index in [1.807, 2.05) is 19.1 Å². The minimum Gasteiger partial charge on any atom is -0.423 e. The van der Waals surface area contributed by atoms with E-state index < -0.39 is 5.97 Å². The number of esters is 1. The van der Waals surface area contributed by atoms with E-state index in [4.69, 9.17) is 4.74 Å². The lowest BCUT2D eigenvalue weighted by Gasteiger charge is -2.05. The van der Waals surface area contributed by atoms with Gasteiger partial charge in [-0.3, -0.25) is 9.78 Å². The van der Waals surface area contributed by atoms with Gasteiger partial charge in [-0.25, -0.2) is 10.2 Å². The molecule has 0 radical (unpaired) electrons. The van der Waals surface area contributed by atoms with Crippen LogP contribution < -0.4 is 10.2 Å². The van der Waals surface area contributed by atoms with Crippen LogP contribution in [0.15, 0.2) is 78.2 Å². The summed E-state index contributed by atoms with van der Waals surface area (Å²) in [5, 5.41) is 3.91. The second-order valence-electron chi connectivity index (χ2n) is 5.76. The van der Waals surface area contributed by atoms with Crippen molar-refractivity contribution in [2.24, 2.45) is 5.10 Å². The molecule has 0 bridgehead atoms. The van der Waals surface area contributed by atoms with E-state index in [1.165, 1.54) is 18.6 Å². The van der Waals surface area contributed by atoms with E-state index in [0.717, 1.165) is 11.1 Å². The Morgan fingerprint density at radius 3 is 2.44 bits per heavy atom. The Hall–Kier alpha value is -3.80. The number of hydrazone groups is 1. The van der Waals surface area contributed by atoms with Crippen molar-refractivity contribution in [1.82, 2.24) is 10.4 Å². The third-order valence-electron chi connectivity index (χ3n) is 3.67. The van der Waals surface area contributed by atoms with Crippen molar-refractivity contribution in [3.8, 4) is 5.75 Å². The van der Waals surface area contributed by atoms with Crippen LogP contribution in [0.25, 0.3) is 0 Å². The largest absolute Gasteiger partial charge is 0.423 e. The van der Waals surface area contributed by atoms with Gasteiger partial charge in [-0.15, -0.1) is 0 Å². The molecule has 0 aliphatic heterocycles. The zero-order chi connectivity index (χ0) is 19.1. The summed E-state index contributed by atoms with van der Waals surface area (Å²) in [6, 6.07) is 17.2. The van der Waals surface area contributed by atoms with Gasteiger partial charge in [0, 0.05) is 18.0 Å². The highest BCUT2D eigenvalue weighted by Gasteiger charge is 2.08. The van der Waals surface area contributed by atoms with Crippen LogP contribution in [0.2, 0.25) is 0 Å². The second kappa shape index (κ2) is 8.53. The molecule has 0 aliphatic rings. The van der Waals surface area contributed by atoms with Gasteiger partial charge < -0.3 is 4.74 Å². The molecule has 0 fully saturated rings. The number of ether oxygens (including phenoxy) is 1. The van der Waals surface area contributed by atoms with Crippen LogP contribution in [0.1, 0.15) is 31.8 Å². The highest BCUT2D eigenvalue weighted by atomic mass is 16.5. The second-order valence-corrected chi connectivity index (χ2v) is 5.76. The molecular formula is C21H17N3O3. The number of aryl methyl sites for hydroxylation is 1. The van der Waals surface area contributed by atoms with E-state index in [0.29, 0.717) is 16.9 Å². The SMILES string of the molecule is Cc1cccc(C(=O)Oc2ccc(/C=N/NC(=O)c3ccncc3)cc2)c1. The van der Waals surface area contributed by atoms with Gasteiger partial charge in [0.1, 0.15) is 5.75 Å². The first-order valence-corrected chi connectivity index (χ1v) is 8.24. The third kappa shape index (κ3) is 5.09. The molecular weight excluding hydrogens is 342 g/mol. The summed E-state index contributed by atoms with van der Waals surface area (Å²) in [4.78, 5) is 27.8. The number of carbonyl (C=O) groups is 2. The Kier molecular flexibility index (Phi) is 5.69. The van der Waals surface area contributed by atoms with Crippen LogP contribution in [-0.2, 0) is 0 Å². The summed E-state index contributed by atoms with van der Waals surface area (Å²) in [6.45, 7) is 1.92. The normalized spacial score (nSPS) is 10.6. The van der Waals surface area contributed by atoms with Crippen molar-refractivity contribution in [2.45, 2.75) is 6.92 Å². The number of amides is 1. The molecule has 1 amide bonds. The number of rotatable bonds is 5. The smallest absolute Gasteiger partial charge is 0.343 e. The standard InChI is InChI=1S/C21H17N3O3/c1-15-3-2-4-18(13-15)21(26)27-19-7-5-16(6-8-19)14-23-24-20(25)17-9-11-22-12-10-17/h2-14H,1H3,(H,24,25)/b23-14+. The first-order chi connectivity index (χ1) is 13.1. The fraction of sp³-hybridized carbons (Fsp3) is 0.0476. The predicted octanol–water partition coefficient (Wildman–Crippen LogP) is 3.37. The summed E-state index contributed by atoms with van der Waals surface area (Å²) in [7, 11) is 0. The molecule has 6 nitrogen and oxygen atoms in total. The number of aromatic nitrogens is 1. The molecule has 0 saturated heterocycles. The molecule has 0 atom stereocenters. The maximum atomic E-state index is 12.1. The van der Waals surface area contributed by atoms with Crippen LogP contribution >= 0.6 is 0 Å². The highest BCUT2D eigenvalue weighted by Crippen LogP contribution is 2.14. The quantitative estimate of drug-likeness (QED) is 0.328. The zero-order valence-corrected chi connectivity index (χ0v) is 14.6. The van der Waals surface area contributed by atoms with Crippen molar-refractivity contribution in [1.29, 1.82) is 0 Å². The average Bonchev–Trinajstić information content (AvgIpc) is 2.70. The zero-order valence-electron chi connectivity index (χ0n) is 14.6. The summed E-state index contributed by atoms with van der Waals surface area (Å²) < 4.78 is 5.35. The van der Waals surface area contributed by atoms with Gasteiger partial charge in [0.05, 0.1) is 11.8 Å². The first kappa shape index (κ1) is 18.0. The molecule has 3 aromatic rings. The molecule has 0 unspecified atom stereocenters. The molecule has 6 heteroatoms. The number of benzene rings is 2. The molecule has 1 heterocycles. The minimum atomic E-state index is -0.412. The minimum absolute atomic E-state index is 0.322. The Balaban J connectivity index is 1.57. The topological polar surface area (TPSA) is 80.6 Å². The van der Waals surface area contributed by atoms with Gasteiger partial charge in [-0.1, -0.05) is 17.7 Å². The summed E-state index contributed by atoms with van der Waals surface area (Å²) in [6.07, 6.45) is 4.58. The lowest BCUT2D eigenvalue weighted by molar-refractivity contribution is 0.0734. The summed E-state index contributed by atoms with van der Waals surface area (Å²) in [5.74, 6) is -0.304. The number of carbonyl (C=O) groups excluding carboxylic acids is 2. The maximum absolute atomic E-state index is 12.1. The van der Waals surface area contributed by atoms with E-state index >= 15 is 0 Å².